The van der Waals surface area contributed by atoms with Crippen molar-refractivity contribution in [3.63, 3.8) is 0 Å². The van der Waals surface area contributed by atoms with Crippen molar-refractivity contribution >= 4 is 5.97 Å². The second-order valence-electron chi connectivity index (χ2n) is 3.05. The summed E-state index contributed by atoms with van der Waals surface area (Å²) in [5, 5.41) is 0. The number of carbonyl (C=O) groups excluding carboxylic acids is 1. The maximum atomic E-state index is 11.5. The van der Waals surface area contributed by atoms with Crippen LogP contribution in [0, 0.1) is 0 Å². The first-order valence-corrected chi connectivity index (χ1v) is 5.80. The number of carbonyl (C=O) groups is 1. The lowest BCUT2D eigenvalue weighted by molar-refractivity contribution is -0.139. The topological polar surface area (TPSA) is 44.8 Å². The largest absolute Gasteiger partial charge is 0.463 e. The molecule has 0 bridgehead atoms. The van der Waals surface area contributed by atoms with Crippen LogP contribution < -0.4 is 0 Å². The lowest BCUT2D eigenvalue weighted by atomic mass is 10.2. The third kappa shape index (κ3) is 5.88. The molecule has 94 valence electrons. The fourth-order valence-electron chi connectivity index (χ4n) is 1.19. The molecule has 0 aliphatic carbocycles. The maximum absolute atomic E-state index is 11.5. The summed E-state index contributed by atoms with van der Waals surface area (Å²) in [5.41, 5.74) is 0.591. The predicted octanol–water partition coefficient (Wildman–Crippen LogP) is 2.29. The van der Waals surface area contributed by atoms with E-state index in [1.807, 2.05) is 20.8 Å². The smallest absolute Gasteiger partial charge is 0.333 e. The molecule has 0 aromatic heterocycles. The first kappa shape index (κ1) is 15.1. The molecule has 0 atom stereocenters. The molecule has 16 heavy (non-hydrogen) atoms. The molecule has 0 saturated heterocycles. The van der Waals surface area contributed by atoms with Gasteiger partial charge in [0, 0.05) is 18.8 Å². The van der Waals surface area contributed by atoms with Crippen molar-refractivity contribution in [2.24, 2.45) is 0 Å². The molecule has 0 unspecified atom stereocenters. The van der Waals surface area contributed by atoms with Gasteiger partial charge in [-0.15, -0.1) is 0 Å². The van der Waals surface area contributed by atoms with Crippen molar-refractivity contribution in [2.75, 3.05) is 19.8 Å². The minimum Gasteiger partial charge on any atom is -0.463 e. The molecule has 0 heterocycles. The van der Waals surface area contributed by atoms with Gasteiger partial charge in [0.15, 0.2) is 6.29 Å². The normalized spacial score (nSPS) is 11.9. The van der Waals surface area contributed by atoms with Crippen LogP contribution in [0.3, 0.4) is 0 Å². The van der Waals surface area contributed by atoms with Gasteiger partial charge in [-0.05, 0) is 33.3 Å². The Bertz CT molecular complexity index is 217. The summed E-state index contributed by atoms with van der Waals surface area (Å²) < 4.78 is 15.6. The average molecular weight is 230 g/mol. The minimum atomic E-state index is -0.464. The van der Waals surface area contributed by atoms with E-state index >= 15 is 0 Å². The van der Waals surface area contributed by atoms with Crippen LogP contribution in [-0.2, 0) is 19.0 Å². The third-order valence-corrected chi connectivity index (χ3v) is 1.92. The highest BCUT2D eigenvalue weighted by Crippen LogP contribution is 2.08. The Morgan fingerprint density at radius 2 is 1.62 bits per heavy atom. The number of esters is 1. The van der Waals surface area contributed by atoms with E-state index in [1.165, 1.54) is 0 Å². The Balaban J connectivity index is 4.53. The van der Waals surface area contributed by atoms with Gasteiger partial charge in [-0.2, -0.15) is 0 Å². The van der Waals surface area contributed by atoms with Crippen LogP contribution >= 0.6 is 0 Å². The van der Waals surface area contributed by atoms with Gasteiger partial charge >= 0.3 is 5.97 Å². The third-order valence-electron chi connectivity index (χ3n) is 1.92. The fraction of sp³-hybridized carbons (Fsp3) is 0.750. The molecule has 4 nitrogen and oxygen atoms in total. The molecule has 0 aliphatic rings. The minimum absolute atomic E-state index is 0.297. The summed E-state index contributed by atoms with van der Waals surface area (Å²) in [5.74, 6) is -0.297. The van der Waals surface area contributed by atoms with Gasteiger partial charge in [0.2, 0.25) is 0 Å². The van der Waals surface area contributed by atoms with E-state index in [4.69, 9.17) is 14.2 Å². The molecule has 0 aromatic rings. The van der Waals surface area contributed by atoms with Crippen molar-refractivity contribution in [2.45, 2.75) is 40.4 Å². The zero-order valence-corrected chi connectivity index (χ0v) is 10.6. The predicted molar refractivity (Wildman–Crippen MR) is 62.0 cm³/mol. The highest BCUT2D eigenvalue weighted by atomic mass is 16.7. The molecule has 0 saturated carbocycles. The molecule has 0 N–H and O–H groups in total. The standard InChI is InChI=1S/C12H22O4/c1-5-10(12(13)16-8-4)9-11(14-6-2)15-7-3/h9,11H,5-8H2,1-4H3/b10-9+. The fourth-order valence-corrected chi connectivity index (χ4v) is 1.19. The summed E-state index contributed by atoms with van der Waals surface area (Å²) in [6.45, 7) is 8.92. The average Bonchev–Trinajstić information content (AvgIpc) is 2.26. The zero-order chi connectivity index (χ0) is 12.4. The molecule has 0 fully saturated rings. The van der Waals surface area contributed by atoms with E-state index in [0.29, 0.717) is 31.8 Å². The highest BCUT2D eigenvalue weighted by Gasteiger charge is 2.12. The van der Waals surface area contributed by atoms with Crippen LogP contribution in [0.2, 0.25) is 0 Å². The second-order valence-corrected chi connectivity index (χ2v) is 3.05. The Kier molecular flexibility index (Phi) is 8.85. The monoisotopic (exact) mass is 230 g/mol. The molecule has 0 aliphatic heterocycles. The van der Waals surface area contributed by atoms with Gasteiger partial charge < -0.3 is 14.2 Å². The number of ether oxygens (including phenoxy) is 3. The summed E-state index contributed by atoms with van der Waals surface area (Å²) in [6, 6.07) is 0. The highest BCUT2D eigenvalue weighted by molar-refractivity contribution is 5.88. The summed E-state index contributed by atoms with van der Waals surface area (Å²) in [7, 11) is 0. The van der Waals surface area contributed by atoms with Crippen molar-refractivity contribution in [3.8, 4) is 0 Å². The Morgan fingerprint density at radius 1 is 1.06 bits per heavy atom. The quantitative estimate of drug-likeness (QED) is 0.364. The maximum Gasteiger partial charge on any atom is 0.333 e. The first-order chi connectivity index (χ1) is 7.69. The van der Waals surface area contributed by atoms with Crippen LogP contribution in [0.4, 0.5) is 0 Å². The molecule has 0 spiro atoms. The molecular weight excluding hydrogens is 208 g/mol. The Morgan fingerprint density at radius 3 is 2.00 bits per heavy atom. The lowest BCUT2D eigenvalue weighted by Crippen LogP contribution is -2.17. The summed E-state index contributed by atoms with van der Waals surface area (Å²) in [4.78, 5) is 11.5. The van der Waals surface area contributed by atoms with Gasteiger partial charge in [0.1, 0.15) is 0 Å². The summed E-state index contributed by atoms with van der Waals surface area (Å²) in [6.07, 6.45) is 1.83. The van der Waals surface area contributed by atoms with Crippen molar-refractivity contribution in [1.82, 2.24) is 0 Å². The SMILES string of the molecule is CCOC(=O)/C(=C/C(OCC)OCC)CC. The Labute approximate surface area is 97.6 Å². The number of hydrogen-bond acceptors (Lipinski definition) is 4. The molecular formula is C12H22O4. The lowest BCUT2D eigenvalue weighted by Gasteiger charge is -2.14. The van der Waals surface area contributed by atoms with Crippen molar-refractivity contribution in [1.29, 1.82) is 0 Å². The van der Waals surface area contributed by atoms with Crippen LogP contribution in [0.15, 0.2) is 11.6 Å². The van der Waals surface area contributed by atoms with E-state index in [2.05, 4.69) is 0 Å². The molecule has 0 aromatic carbocycles. The van der Waals surface area contributed by atoms with Gasteiger partial charge in [-0.25, -0.2) is 4.79 Å². The second kappa shape index (κ2) is 9.36. The van der Waals surface area contributed by atoms with E-state index in [9.17, 15) is 4.79 Å². The van der Waals surface area contributed by atoms with E-state index in [0.717, 1.165) is 0 Å². The van der Waals surface area contributed by atoms with Crippen LogP contribution in [0.1, 0.15) is 34.1 Å². The molecule has 4 heteroatoms. The zero-order valence-electron chi connectivity index (χ0n) is 10.6. The van der Waals surface area contributed by atoms with Crippen molar-refractivity contribution in [3.05, 3.63) is 11.6 Å². The Hall–Kier alpha value is -0.870. The van der Waals surface area contributed by atoms with Crippen LogP contribution in [-0.4, -0.2) is 32.1 Å². The van der Waals surface area contributed by atoms with E-state index in [-0.39, 0.29) is 5.97 Å². The van der Waals surface area contributed by atoms with E-state index < -0.39 is 6.29 Å². The molecule has 0 radical (unpaired) electrons. The van der Waals surface area contributed by atoms with Gasteiger partial charge in [0.25, 0.3) is 0 Å². The van der Waals surface area contributed by atoms with Gasteiger partial charge in [0.05, 0.1) is 6.61 Å². The van der Waals surface area contributed by atoms with Gasteiger partial charge in [-0.1, -0.05) is 6.92 Å². The van der Waals surface area contributed by atoms with Gasteiger partial charge in [-0.3, -0.25) is 0 Å². The number of hydrogen-bond donors (Lipinski definition) is 0. The van der Waals surface area contributed by atoms with Crippen LogP contribution in [0.5, 0.6) is 0 Å². The van der Waals surface area contributed by atoms with Crippen molar-refractivity contribution < 1.29 is 19.0 Å². The molecule has 0 rings (SSSR count). The number of rotatable bonds is 8. The first-order valence-electron chi connectivity index (χ1n) is 5.80. The molecule has 0 amide bonds. The van der Waals surface area contributed by atoms with E-state index in [1.54, 1.807) is 13.0 Å². The summed E-state index contributed by atoms with van der Waals surface area (Å²) >= 11 is 0. The van der Waals surface area contributed by atoms with Crippen LogP contribution in [0.25, 0.3) is 0 Å².